The molecule has 2 aromatic heterocycles. The molecule has 1 saturated heterocycles. The lowest BCUT2D eigenvalue weighted by atomic mass is 10.1. The Bertz CT molecular complexity index is 1090. The quantitative estimate of drug-likeness (QED) is 0.735. The molecule has 2 N–H and O–H groups in total. The zero-order valence-electron chi connectivity index (χ0n) is 15.0. The van der Waals surface area contributed by atoms with Gasteiger partial charge in [-0.05, 0) is 24.6 Å². The van der Waals surface area contributed by atoms with Crippen LogP contribution in [0.1, 0.15) is 23.4 Å². The summed E-state index contributed by atoms with van der Waals surface area (Å²) >= 11 is 0. The Morgan fingerprint density at radius 1 is 1.18 bits per heavy atom. The summed E-state index contributed by atoms with van der Waals surface area (Å²) in [6.45, 7) is 1.18. The molecule has 1 fully saturated rings. The Morgan fingerprint density at radius 3 is 2.61 bits per heavy atom. The Hall–Kier alpha value is -3.56. The van der Waals surface area contributed by atoms with Crippen LogP contribution in [0.25, 0.3) is 11.0 Å². The molecule has 1 aliphatic rings. The molecule has 0 saturated carbocycles. The molecule has 1 aliphatic heterocycles. The Balaban J connectivity index is 1.77. The summed E-state index contributed by atoms with van der Waals surface area (Å²) in [7, 11) is 0. The molecular weight excluding hydrogens is 359 g/mol. The second kappa shape index (κ2) is 7.22. The first kappa shape index (κ1) is 17.8. The Morgan fingerprint density at radius 2 is 1.93 bits per heavy atom. The molecule has 0 spiro atoms. The molecule has 3 heterocycles. The van der Waals surface area contributed by atoms with Gasteiger partial charge in [0.25, 0.3) is 0 Å². The third-order valence-electron chi connectivity index (χ3n) is 4.84. The van der Waals surface area contributed by atoms with Gasteiger partial charge in [0.1, 0.15) is 18.1 Å². The van der Waals surface area contributed by atoms with Gasteiger partial charge in [-0.15, -0.1) is 0 Å². The minimum atomic E-state index is -1.03. The number of nitrogens with zero attached hydrogens (tertiary/aromatic N) is 7. The average molecular weight is 376 g/mol. The zero-order valence-corrected chi connectivity index (χ0v) is 15.0. The van der Waals surface area contributed by atoms with Crippen molar-refractivity contribution in [2.45, 2.75) is 25.2 Å². The van der Waals surface area contributed by atoms with Gasteiger partial charge in [-0.1, -0.05) is 0 Å². The lowest BCUT2D eigenvalue weighted by Crippen LogP contribution is -2.50. The highest BCUT2D eigenvalue weighted by atomic mass is 19.1. The number of hydrogen-bond donors (Lipinski definition) is 1. The number of nitrogens with two attached hydrogens (primary N) is 1. The first-order valence-corrected chi connectivity index (χ1v) is 8.85. The number of halogens is 1. The number of imidazole rings is 1. The average Bonchev–Trinajstić information content (AvgIpc) is 3.08. The largest absolute Gasteiger partial charge is 0.340 e. The molecule has 0 amide bonds. The fourth-order valence-electron chi connectivity index (χ4n) is 3.35. The van der Waals surface area contributed by atoms with Crippen molar-refractivity contribution in [3.63, 3.8) is 0 Å². The molecule has 0 radical (unpaired) electrons. The fourth-order valence-corrected chi connectivity index (χ4v) is 3.35. The molecule has 0 bridgehead atoms. The van der Waals surface area contributed by atoms with Crippen molar-refractivity contribution < 1.29 is 4.39 Å². The maximum absolute atomic E-state index is 13.8. The van der Waals surface area contributed by atoms with Gasteiger partial charge in [-0.25, -0.2) is 19.3 Å². The summed E-state index contributed by atoms with van der Waals surface area (Å²) < 4.78 is 15.8. The van der Waals surface area contributed by atoms with Crippen LogP contribution in [0.5, 0.6) is 0 Å². The van der Waals surface area contributed by atoms with Gasteiger partial charge in [0.15, 0.2) is 0 Å². The van der Waals surface area contributed by atoms with Gasteiger partial charge in [0.05, 0.1) is 40.8 Å². The normalized spacial score (nSPS) is 19.4. The minimum Gasteiger partial charge on any atom is -0.340 e. The molecule has 8 nitrogen and oxygen atoms in total. The molecule has 140 valence electrons. The highest BCUT2D eigenvalue weighted by molar-refractivity contribution is 5.80. The number of aromatic nitrogens is 4. The van der Waals surface area contributed by atoms with Gasteiger partial charge in [-0.3, -0.25) is 0 Å². The van der Waals surface area contributed by atoms with Gasteiger partial charge < -0.3 is 15.2 Å². The van der Waals surface area contributed by atoms with E-state index in [9.17, 15) is 9.65 Å². The van der Waals surface area contributed by atoms with E-state index in [2.05, 4.69) is 21.0 Å². The summed E-state index contributed by atoms with van der Waals surface area (Å²) in [6, 6.07) is 8.80. The molecular formula is C19H17FN8. The number of hydrogen-bond acceptors (Lipinski definition) is 7. The third-order valence-corrected chi connectivity index (χ3v) is 4.84. The van der Waals surface area contributed by atoms with Crippen LogP contribution in [0.4, 0.5) is 10.3 Å². The molecule has 2 atom stereocenters. The predicted octanol–water partition coefficient (Wildman–Crippen LogP) is 1.49. The van der Waals surface area contributed by atoms with E-state index in [1.54, 1.807) is 12.1 Å². The summed E-state index contributed by atoms with van der Waals surface area (Å²) in [5.41, 5.74) is 8.31. The van der Waals surface area contributed by atoms with Crippen LogP contribution in [0, 0.1) is 22.7 Å². The first-order chi connectivity index (χ1) is 13.6. The van der Waals surface area contributed by atoms with Gasteiger partial charge in [0.2, 0.25) is 5.95 Å². The van der Waals surface area contributed by atoms with Crippen LogP contribution in [0.15, 0.2) is 30.6 Å². The van der Waals surface area contributed by atoms with E-state index in [4.69, 9.17) is 11.0 Å². The second-order valence-electron chi connectivity index (χ2n) is 6.73. The monoisotopic (exact) mass is 376 g/mol. The van der Waals surface area contributed by atoms with Crippen molar-refractivity contribution >= 4 is 17.0 Å². The topological polar surface area (TPSA) is 120 Å². The number of alkyl halides is 1. The highest BCUT2D eigenvalue weighted by Crippen LogP contribution is 2.27. The molecule has 0 aliphatic carbocycles. The number of anilines is 1. The SMILES string of the molecule is N#Cc1cnc(Cn2c(N3CC[C@@H](F)[C@H](N)C3)nc3cc(C#N)ccc32)nc1. The predicted molar refractivity (Wildman–Crippen MR) is 100.0 cm³/mol. The number of nitriles is 2. The van der Waals surface area contributed by atoms with Crippen molar-refractivity contribution in [1.82, 2.24) is 19.5 Å². The van der Waals surface area contributed by atoms with E-state index in [0.717, 1.165) is 5.52 Å². The van der Waals surface area contributed by atoms with Gasteiger partial charge in [-0.2, -0.15) is 10.5 Å². The Labute approximate surface area is 160 Å². The van der Waals surface area contributed by atoms with Crippen molar-refractivity contribution in [2.24, 2.45) is 5.73 Å². The second-order valence-corrected chi connectivity index (χ2v) is 6.73. The Kier molecular flexibility index (Phi) is 4.60. The van der Waals surface area contributed by atoms with Crippen molar-refractivity contribution in [2.75, 3.05) is 18.0 Å². The van der Waals surface area contributed by atoms with Crippen LogP contribution in [-0.2, 0) is 6.54 Å². The lowest BCUT2D eigenvalue weighted by molar-refractivity contribution is 0.243. The molecule has 0 unspecified atom stereocenters. The maximum Gasteiger partial charge on any atom is 0.207 e. The highest BCUT2D eigenvalue weighted by Gasteiger charge is 2.29. The molecule has 1 aromatic carbocycles. The molecule has 4 rings (SSSR count). The van der Waals surface area contributed by atoms with E-state index in [-0.39, 0.29) is 0 Å². The van der Waals surface area contributed by atoms with E-state index in [0.29, 0.717) is 54.5 Å². The number of piperidine rings is 1. The van der Waals surface area contributed by atoms with Crippen LogP contribution in [-0.4, -0.2) is 44.8 Å². The van der Waals surface area contributed by atoms with E-state index < -0.39 is 12.2 Å². The number of rotatable bonds is 3. The van der Waals surface area contributed by atoms with Gasteiger partial charge >= 0.3 is 0 Å². The van der Waals surface area contributed by atoms with E-state index in [1.807, 2.05) is 21.6 Å². The lowest BCUT2D eigenvalue weighted by Gasteiger charge is -2.34. The van der Waals surface area contributed by atoms with E-state index >= 15 is 0 Å². The fraction of sp³-hybridized carbons (Fsp3) is 0.316. The zero-order chi connectivity index (χ0) is 19.7. The van der Waals surface area contributed by atoms with Crippen molar-refractivity contribution in [3.05, 3.63) is 47.5 Å². The number of benzene rings is 1. The van der Waals surface area contributed by atoms with E-state index in [1.165, 1.54) is 12.4 Å². The molecule has 9 heteroatoms. The van der Waals surface area contributed by atoms with Crippen molar-refractivity contribution in [1.29, 1.82) is 10.5 Å². The first-order valence-electron chi connectivity index (χ1n) is 8.85. The van der Waals surface area contributed by atoms with Crippen LogP contribution in [0.2, 0.25) is 0 Å². The van der Waals surface area contributed by atoms with Gasteiger partial charge in [0, 0.05) is 25.5 Å². The maximum atomic E-state index is 13.8. The summed E-state index contributed by atoms with van der Waals surface area (Å²) in [6.07, 6.45) is 2.25. The smallest absolute Gasteiger partial charge is 0.207 e. The van der Waals surface area contributed by atoms with Crippen LogP contribution < -0.4 is 10.6 Å². The van der Waals surface area contributed by atoms with Crippen LogP contribution in [0.3, 0.4) is 0 Å². The molecule has 3 aromatic rings. The molecule has 28 heavy (non-hydrogen) atoms. The van der Waals surface area contributed by atoms with Crippen LogP contribution >= 0.6 is 0 Å². The summed E-state index contributed by atoms with van der Waals surface area (Å²) in [4.78, 5) is 15.1. The standard InChI is InChI=1S/C19H17FN8/c20-14-3-4-27(10-15(14)23)19-26-16-5-12(6-21)1-2-17(16)28(19)11-18-24-8-13(7-22)9-25-18/h1-2,5,8-9,14-15H,3-4,10-11,23H2/t14-,15-/m1/s1. The van der Waals surface area contributed by atoms with Crippen molar-refractivity contribution in [3.8, 4) is 12.1 Å². The summed E-state index contributed by atoms with van der Waals surface area (Å²) in [5.74, 6) is 1.16. The number of fused-ring (bicyclic) bond motifs is 1. The summed E-state index contributed by atoms with van der Waals surface area (Å²) in [5, 5.41) is 18.1. The third kappa shape index (κ3) is 3.24. The minimum absolute atomic E-state index is 0.328.